The molecule has 29 heavy (non-hydrogen) atoms. The fourth-order valence-electron chi connectivity index (χ4n) is 2.91. The first-order valence-corrected chi connectivity index (χ1v) is 8.82. The summed E-state index contributed by atoms with van der Waals surface area (Å²) in [6.45, 7) is 0. The molecule has 1 amide bonds. The number of fused-ring (bicyclic) bond motifs is 1. The third-order valence-electron chi connectivity index (χ3n) is 4.29. The Kier molecular flexibility index (Phi) is 4.90. The average molecular weight is 386 g/mol. The van der Waals surface area contributed by atoms with Crippen LogP contribution in [0.1, 0.15) is 10.4 Å². The summed E-state index contributed by atoms with van der Waals surface area (Å²) in [5.41, 5.74) is 8.28. The molecule has 0 bridgehead atoms. The molecule has 0 aliphatic rings. The van der Waals surface area contributed by atoms with Gasteiger partial charge >= 0.3 is 0 Å². The van der Waals surface area contributed by atoms with E-state index < -0.39 is 0 Å². The van der Waals surface area contributed by atoms with Gasteiger partial charge in [0.15, 0.2) is 0 Å². The third kappa shape index (κ3) is 3.91. The van der Waals surface area contributed by atoms with Gasteiger partial charge in [-0.3, -0.25) is 4.79 Å². The van der Waals surface area contributed by atoms with Crippen molar-refractivity contribution < 1.29 is 9.53 Å². The molecule has 8 heteroatoms. The van der Waals surface area contributed by atoms with Crippen molar-refractivity contribution >= 4 is 39.8 Å². The summed E-state index contributed by atoms with van der Waals surface area (Å²) in [5.74, 6) is 1.40. The van der Waals surface area contributed by atoms with E-state index in [9.17, 15) is 4.79 Å². The van der Waals surface area contributed by atoms with Gasteiger partial charge in [0.2, 0.25) is 0 Å². The van der Waals surface area contributed by atoms with E-state index in [-0.39, 0.29) is 5.91 Å². The van der Waals surface area contributed by atoms with Crippen LogP contribution in [-0.2, 0) is 0 Å². The van der Waals surface area contributed by atoms with Crippen molar-refractivity contribution in [3.05, 3.63) is 72.7 Å². The Morgan fingerprint density at radius 1 is 1.00 bits per heavy atom. The summed E-state index contributed by atoms with van der Waals surface area (Å²) in [5, 5.41) is 6.83. The molecule has 0 atom stereocenters. The number of nitrogen functional groups attached to an aromatic ring is 1. The highest BCUT2D eigenvalue weighted by molar-refractivity contribution is 6.04. The number of carbonyl (C=O) groups is 1. The normalized spacial score (nSPS) is 10.5. The number of anilines is 4. The van der Waals surface area contributed by atoms with E-state index in [2.05, 4.69) is 25.6 Å². The number of hydrogen-bond donors (Lipinski definition) is 3. The lowest BCUT2D eigenvalue weighted by Crippen LogP contribution is -2.12. The molecule has 0 unspecified atom stereocenters. The molecule has 0 saturated heterocycles. The number of amides is 1. The van der Waals surface area contributed by atoms with Crippen molar-refractivity contribution in [3.63, 3.8) is 0 Å². The Balaban J connectivity index is 1.55. The zero-order valence-corrected chi connectivity index (χ0v) is 15.6. The number of aromatic nitrogens is 3. The van der Waals surface area contributed by atoms with Gasteiger partial charge in [-0.2, -0.15) is 0 Å². The number of nitrogens with one attached hydrogen (secondary N) is 2. The minimum absolute atomic E-state index is 0.240. The number of methoxy groups -OCH3 is 1. The lowest BCUT2D eigenvalue weighted by Gasteiger charge is -2.11. The smallest absolute Gasteiger partial charge is 0.255 e. The molecule has 0 aliphatic carbocycles. The van der Waals surface area contributed by atoms with E-state index in [0.29, 0.717) is 28.6 Å². The predicted molar refractivity (Wildman–Crippen MR) is 112 cm³/mol. The lowest BCUT2D eigenvalue weighted by molar-refractivity contribution is 0.102. The maximum atomic E-state index is 12.4. The first kappa shape index (κ1) is 18.2. The second-order valence-corrected chi connectivity index (χ2v) is 6.20. The maximum Gasteiger partial charge on any atom is 0.255 e. The SMILES string of the molecule is COc1cccc2ncnc(Nc3ccc(C(=O)Nc4ccnc(N)c4)cc3)c12. The second-order valence-electron chi connectivity index (χ2n) is 6.20. The van der Waals surface area contributed by atoms with Gasteiger partial charge in [0.1, 0.15) is 23.7 Å². The molecule has 8 nitrogen and oxygen atoms in total. The molecular weight excluding hydrogens is 368 g/mol. The highest BCUT2D eigenvalue weighted by atomic mass is 16.5. The van der Waals surface area contributed by atoms with Crippen LogP contribution in [-0.4, -0.2) is 28.0 Å². The molecule has 144 valence electrons. The molecule has 0 spiro atoms. The zero-order valence-electron chi connectivity index (χ0n) is 15.6. The van der Waals surface area contributed by atoms with Crippen molar-refractivity contribution in [2.75, 3.05) is 23.5 Å². The van der Waals surface area contributed by atoms with Crippen molar-refractivity contribution in [2.24, 2.45) is 0 Å². The Hall–Kier alpha value is -4.20. The lowest BCUT2D eigenvalue weighted by atomic mass is 10.1. The van der Waals surface area contributed by atoms with E-state index in [1.165, 1.54) is 12.5 Å². The number of carbonyl (C=O) groups excluding carboxylic acids is 1. The third-order valence-corrected chi connectivity index (χ3v) is 4.29. The van der Waals surface area contributed by atoms with Gasteiger partial charge in [-0.15, -0.1) is 0 Å². The summed E-state index contributed by atoms with van der Waals surface area (Å²) >= 11 is 0. The Morgan fingerprint density at radius 2 is 1.83 bits per heavy atom. The largest absolute Gasteiger partial charge is 0.496 e. The monoisotopic (exact) mass is 386 g/mol. The highest BCUT2D eigenvalue weighted by Crippen LogP contribution is 2.31. The van der Waals surface area contributed by atoms with Crippen LogP contribution in [0.25, 0.3) is 10.9 Å². The number of hydrogen-bond acceptors (Lipinski definition) is 7. The van der Waals surface area contributed by atoms with Gasteiger partial charge in [0.25, 0.3) is 5.91 Å². The van der Waals surface area contributed by atoms with Crippen molar-refractivity contribution in [1.82, 2.24) is 15.0 Å². The molecule has 4 aromatic rings. The van der Waals surface area contributed by atoms with E-state index in [1.54, 1.807) is 43.5 Å². The molecule has 4 rings (SSSR count). The van der Waals surface area contributed by atoms with Crippen molar-refractivity contribution in [1.29, 1.82) is 0 Å². The Morgan fingerprint density at radius 3 is 2.59 bits per heavy atom. The van der Waals surface area contributed by atoms with Gasteiger partial charge < -0.3 is 21.1 Å². The topological polar surface area (TPSA) is 115 Å². The summed E-state index contributed by atoms with van der Waals surface area (Å²) in [7, 11) is 1.61. The van der Waals surface area contributed by atoms with E-state index in [0.717, 1.165) is 16.6 Å². The number of ether oxygens (including phenoxy) is 1. The standard InChI is InChI=1S/C21H18N6O2/c1-29-17-4-2-3-16-19(17)20(25-12-24-16)26-14-7-5-13(6-8-14)21(28)27-15-9-10-23-18(22)11-15/h2-12H,1H3,(H,24,25,26)(H3,22,23,27,28). The van der Waals surface area contributed by atoms with Gasteiger partial charge in [-0.1, -0.05) is 6.07 Å². The van der Waals surface area contributed by atoms with E-state index >= 15 is 0 Å². The van der Waals surface area contributed by atoms with Crippen LogP contribution in [0, 0.1) is 0 Å². The van der Waals surface area contributed by atoms with Gasteiger partial charge in [0.05, 0.1) is 18.0 Å². The quantitative estimate of drug-likeness (QED) is 0.480. The molecular formula is C21H18N6O2. The molecule has 0 radical (unpaired) electrons. The van der Waals surface area contributed by atoms with Gasteiger partial charge in [-0.05, 0) is 42.5 Å². The molecule has 2 aromatic carbocycles. The van der Waals surface area contributed by atoms with Crippen LogP contribution < -0.4 is 21.1 Å². The Bertz CT molecular complexity index is 1170. The van der Waals surface area contributed by atoms with Crippen LogP contribution in [0.15, 0.2) is 67.1 Å². The van der Waals surface area contributed by atoms with Gasteiger partial charge in [0, 0.05) is 29.2 Å². The fourth-order valence-corrected chi connectivity index (χ4v) is 2.91. The molecule has 2 heterocycles. The Labute approximate surface area is 166 Å². The number of nitrogens with two attached hydrogens (primary N) is 1. The first-order chi connectivity index (χ1) is 14.1. The zero-order chi connectivity index (χ0) is 20.2. The summed E-state index contributed by atoms with van der Waals surface area (Å²) in [6, 6.07) is 16.0. The van der Waals surface area contributed by atoms with Crippen LogP contribution in [0.4, 0.5) is 23.0 Å². The number of benzene rings is 2. The predicted octanol–water partition coefficient (Wildman–Crippen LogP) is 3.61. The molecule has 0 fully saturated rings. The number of rotatable bonds is 5. The molecule has 0 saturated carbocycles. The minimum atomic E-state index is -0.240. The van der Waals surface area contributed by atoms with Crippen LogP contribution in [0.3, 0.4) is 0 Å². The maximum absolute atomic E-state index is 12.4. The van der Waals surface area contributed by atoms with E-state index in [4.69, 9.17) is 10.5 Å². The molecule has 0 aliphatic heterocycles. The highest BCUT2D eigenvalue weighted by Gasteiger charge is 2.11. The first-order valence-electron chi connectivity index (χ1n) is 8.82. The molecule has 2 aromatic heterocycles. The second kappa shape index (κ2) is 7.81. The van der Waals surface area contributed by atoms with E-state index in [1.807, 2.05) is 18.2 Å². The summed E-state index contributed by atoms with van der Waals surface area (Å²) < 4.78 is 5.44. The van der Waals surface area contributed by atoms with Crippen LogP contribution in [0.5, 0.6) is 5.75 Å². The van der Waals surface area contributed by atoms with Crippen LogP contribution in [0.2, 0.25) is 0 Å². The minimum Gasteiger partial charge on any atom is -0.496 e. The number of nitrogens with zero attached hydrogens (tertiary/aromatic N) is 3. The van der Waals surface area contributed by atoms with Gasteiger partial charge in [-0.25, -0.2) is 15.0 Å². The van der Waals surface area contributed by atoms with Crippen molar-refractivity contribution in [2.45, 2.75) is 0 Å². The fraction of sp³-hybridized carbons (Fsp3) is 0.0476. The summed E-state index contributed by atoms with van der Waals surface area (Å²) in [4.78, 5) is 24.9. The molecule has 4 N–H and O–H groups in total. The number of pyridine rings is 1. The van der Waals surface area contributed by atoms with Crippen molar-refractivity contribution in [3.8, 4) is 5.75 Å². The summed E-state index contributed by atoms with van der Waals surface area (Å²) in [6.07, 6.45) is 3.03. The van der Waals surface area contributed by atoms with Crippen LogP contribution >= 0.6 is 0 Å². The average Bonchev–Trinajstić information content (AvgIpc) is 2.74.